The Hall–Kier alpha value is -13.3. The molecule has 0 unspecified atom stereocenters. The molecule has 0 aliphatic heterocycles. The Morgan fingerprint density at radius 2 is 0.467 bits per heavy atom. The second-order valence-electron chi connectivity index (χ2n) is 46.6. The molecule has 0 bridgehead atoms. The molecule has 0 heterocycles. The lowest BCUT2D eigenvalue weighted by molar-refractivity contribution is 0.584. The summed E-state index contributed by atoms with van der Waals surface area (Å²) in [6.45, 7) is 55.4. The van der Waals surface area contributed by atoms with Crippen LogP contribution >= 0.6 is 0 Å². The van der Waals surface area contributed by atoms with Gasteiger partial charge in [0.25, 0.3) is 0 Å². The highest BCUT2D eigenvalue weighted by Crippen LogP contribution is 2.58. The van der Waals surface area contributed by atoms with E-state index in [0.29, 0.717) is 0 Å². The maximum atomic E-state index is 2.47. The monoisotopic (exact) mass is 1750 g/mol. The number of fused-ring (bicyclic) bond motifs is 26. The van der Waals surface area contributed by atoms with Crippen molar-refractivity contribution in [1.29, 1.82) is 0 Å². The molecule has 0 atom stereocenters. The first-order chi connectivity index (χ1) is 64.1. The fourth-order valence-corrected chi connectivity index (χ4v) is 23.3. The lowest BCUT2D eigenvalue weighted by atomic mass is 9.77. The Bertz CT molecular complexity index is 8230. The minimum atomic E-state index is 0.0654. The molecular formula is C135H130. The Labute approximate surface area is 801 Å². The van der Waals surface area contributed by atoms with E-state index >= 15 is 0 Å². The zero-order valence-electron chi connectivity index (χ0n) is 84.0. The third kappa shape index (κ3) is 15.2. The summed E-state index contributed by atoms with van der Waals surface area (Å²) in [6, 6.07) is 130. The van der Waals surface area contributed by atoms with Gasteiger partial charge in [0.1, 0.15) is 0 Å². The summed E-state index contributed by atoms with van der Waals surface area (Å²) in [6.07, 6.45) is 0. The fourth-order valence-electron chi connectivity index (χ4n) is 23.3. The molecule has 0 nitrogen and oxygen atoms in total. The van der Waals surface area contributed by atoms with E-state index in [2.05, 4.69) is 518 Å². The van der Waals surface area contributed by atoms with Crippen molar-refractivity contribution in [3.63, 3.8) is 0 Å². The van der Waals surface area contributed by atoms with E-state index < -0.39 is 0 Å². The second-order valence-corrected chi connectivity index (χ2v) is 46.6. The third-order valence-corrected chi connectivity index (χ3v) is 30.6. The summed E-state index contributed by atoms with van der Waals surface area (Å²) in [4.78, 5) is 0. The molecule has 135 heavy (non-hydrogen) atoms. The Morgan fingerprint density at radius 1 is 0.148 bits per heavy atom. The molecule has 670 valence electrons. The Morgan fingerprint density at radius 3 is 1.01 bits per heavy atom. The summed E-state index contributed by atoms with van der Waals surface area (Å²) in [7, 11) is 0. The van der Waals surface area contributed by atoms with Gasteiger partial charge in [-0.05, 0) is 279 Å². The molecule has 0 aromatic heterocycles. The average Bonchev–Trinajstić information content (AvgIpc) is 1.70. The molecule has 0 amide bonds. The highest BCUT2D eigenvalue weighted by molar-refractivity contribution is 6.33. The van der Waals surface area contributed by atoms with E-state index in [0.717, 1.165) is 0 Å². The van der Waals surface area contributed by atoms with Crippen LogP contribution in [0.4, 0.5) is 0 Å². The topological polar surface area (TPSA) is 0 Å². The molecule has 4 aliphatic rings. The van der Waals surface area contributed by atoms with E-state index in [1.54, 1.807) is 0 Å². The molecule has 4 aliphatic carbocycles. The number of rotatable bonds is 0. The molecular weight excluding hydrogens is 1620 g/mol. The molecule has 0 fully saturated rings. The Kier molecular flexibility index (Phi) is 21.6. The van der Waals surface area contributed by atoms with Crippen LogP contribution in [0.1, 0.15) is 233 Å². The highest BCUT2D eigenvalue weighted by Gasteiger charge is 2.41. The summed E-state index contributed by atoms with van der Waals surface area (Å²) < 4.78 is 0. The van der Waals surface area contributed by atoms with Gasteiger partial charge in [-0.25, -0.2) is 0 Å². The zero-order chi connectivity index (χ0) is 94.9. The molecule has 0 radical (unpaired) electrons. The van der Waals surface area contributed by atoms with Crippen molar-refractivity contribution in [3.8, 4) is 55.6 Å². The number of hydrogen-bond acceptors (Lipinski definition) is 0. The quantitative estimate of drug-likeness (QED) is 0.105. The van der Waals surface area contributed by atoms with Crippen LogP contribution in [-0.2, 0) is 48.7 Å². The van der Waals surface area contributed by atoms with Crippen LogP contribution in [0.25, 0.3) is 174 Å². The van der Waals surface area contributed by atoms with Crippen molar-refractivity contribution in [2.45, 2.75) is 215 Å². The summed E-state index contributed by atoms with van der Waals surface area (Å²) >= 11 is 0. The highest BCUT2D eigenvalue weighted by atomic mass is 14.4. The minimum absolute atomic E-state index is 0.0654. The first-order valence-electron chi connectivity index (χ1n) is 49.2. The average molecular weight is 1750 g/mol. The van der Waals surface area contributed by atoms with E-state index in [-0.39, 0.29) is 48.7 Å². The second kappa shape index (κ2) is 32.5. The van der Waals surface area contributed by atoms with Gasteiger partial charge in [-0.3, -0.25) is 0 Å². The molecule has 0 spiro atoms. The Balaban J connectivity index is 0.000000100. The van der Waals surface area contributed by atoms with Gasteiger partial charge >= 0.3 is 0 Å². The number of benzene rings is 21. The first kappa shape index (κ1) is 89.6. The van der Waals surface area contributed by atoms with Gasteiger partial charge in [-0.2, -0.15) is 0 Å². The zero-order valence-corrected chi connectivity index (χ0v) is 84.0. The van der Waals surface area contributed by atoms with Crippen LogP contribution in [0.15, 0.2) is 352 Å². The van der Waals surface area contributed by atoms with Crippen molar-refractivity contribution in [1.82, 2.24) is 0 Å². The standard InChI is InChI=1S/C24H20.3C23H24.C22H20.C20H18/c1-24(2,3)21-14-13-19-17-10-5-8-15-7-4-9-16(22(15)17)18-11-6-12-20(21)23(18)19;1-22(2,3)19-14-20-21(16-11-7-6-10-15(16)19)17-12-8-9-13-18(17)23(20,4)5;1-22(2,3)16-11-12-18-20(14-16)23(4,5)19-13-10-15-8-6-7-9-17(15)21(18)19;1-22(2,3)16-11-13-19-18(14-16)21-17-9-7-6-8-15(17)10-12-20(21)23(19,4)5;1-22(2,3)15-12-13-20-18-10-5-4-8-16(18)17-9-6-7-11-19(17)21(20)14-15;1-20(2,3)18-12-11-16-14-8-5-4-7-13(14)15-9-6-10-17(18)19(15)16/h4-14H,1-3H3;3*6-14H,1-5H3;4-14H,1-3H3;4-12H,1-3H3. The van der Waals surface area contributed by atoms with Crippen molar-refractivity contribution in [2.24, 2.45) is 0 Å². The van der Waals surface area contributed by atoms with Gasteiger partial charge in [0.15, 0.2) is 0 Å². The summed E-state index contributed by atoms with van der Waals surface area (Å²) in [5, 5.41) is 30.1. The molecule has 0 heteroatoms. The van der Waals surface area contributed by atoms with Gasteiger partial charge < -0.3 is 0 Å². The largest absolute Gasteiger partial charge is 0.0619 e. The van der Waals surface area contributed by atoms with Gasteiger partial charge in [0.2, 0.25) is 0 Å². The predicted octanol–water partition coefficient (Wildman–Crippen LogP) is 38.6. The number of hydrogen-bond donors (Lipinski definition) is 0. The smallest absolute Gasteiger partial charge is 0.0159 e. The summed E-state index contributed by atoms with van der Waals surface area (Å²) in [5.74, 6) is 0. The van der Waals surface area contributed by atoms with Crippen molar-refractivity contribution < 1.29 is 0 Å². The van der Waals surface area contributed by atoms with Crippen LogP contribution in [0, 0.1) is 0 Å². The molecule has 0 saturated heterocycles. The fraction of sp³-hybridized carbons (Fsp3) is 0.244. The maximum Gasteiger partial charge on any atom is 0.0159 e. The molecule has 0 saturated carbocycles. The lowest BCUT2D eigenvalue weighted by Gasteiger charge is -2.27. The van der Waals surface area contributed by atoms with Crippen molar-refractivity contribution >= 4 is 118 Å². The predicted molar refractivity (Wildman–Crippen MR) is 592 cm³/mol. The molecule has 21 aromatic carbocycles. The summed E-state index contributed by atoms with van der Waals surface area (Å²) in [5.41, 5.74) is 32.5. The van der Waals surface area contributed by atoms with E-state index in [1.807, 2.05) is 0 Å². The SMILES string of the molecule is CC(C)(C)c1cc2c(c3ccccc13)-c1ccccc1C2(C)C.CC(C)(C)c1ccc2c(c1)-c1c(ccc3ccccc13)C2(C)C.CC(C)(C)c1ccc2c(c1)C(C)(C)c1ccc3ccccc3c1-2.CC(C)(C)c1ccc2c3c(cccc13)-c1ccccc1-2.CC(C)(C)c1ccc2c3cccc4cccc(c5cccc1c52)c43.CC(C)(C)c1ccc2c3ccccc3c3ccccc3c2c1. The van der Waals surface area contributed by atoms with Gasteiger partial charge in [-0.15, -0.1) is 0 Å². The van der Waals surface area contributed by atoms with Gasteiger partial charge in [0, 0.05) is 16.2 Å². The maximum absolute atomic E-state index is 2.47. The molecule has 25 rings (SSSR count). The minimum Gasteiger partial charge on any atom is -0.0619 e. The third-order valence-electron chi connectivity index (χ3n) is 30.6. The van der Waals surface area contributed by atoms with Crippen LogP contribution in [0.5, 0.6) is 0 Å². The van der Waals surface area contributed by atoms with Gasteiger partial charge in [0.05, 0.1) is 0 Å². The molecule has 21 aromatic rings. The van der Waals surface area contributed by atoms with Crippen molar-refractivity contribution in [3.05, 3.63) is 419 Å². The normalized spacial score (nSPS) is 14.1. The van der Waals surface area contributed by atoms with Crippen LogP contribution in [0.3, 0.4) is 0 Å². The van der Waals surface area contributed by atoms with E-state index in [9.17, 15) is 0 Å². The van der Waals surface area contributed by atoms with E-state index in [1.165, 1.54) is 241 Å². The van der Waals surface area contributed by atoms with Crippen molar-refractivity contribution in [2.75, 3.05) is 0 Å². The van der Waals surface area contributed by atoms with Crippen LogP contribution in [-0.4, -0.2) is 0 Å². The molecule has 0 N–H and O–H groups in total. The van der Waals surface area contributed by atoms with Crippen LogP contribution in [0.2, 0.25) is 0 Å². The lowest BCUT2D eigenvalue weighted by Crippen LogP contribution is -2.18. The van der Waals surface area contributed by atoms with E-state index in [4.69, 9.17) is 0 Å². The van der Waals surface area contributed by atoms with Gasteiger partial charge in [-0.1, -0.05) is 512 Å². The van der Waals surface area contributed by atoms with Crippen LogP contribution < -0.4 is 0 Å². The first-order valence-corrected chi connectivity index (χ1v) is 49.2.